The summed E-state index contributed by atoms with van der Waals surface area (Å²) in [6, 6.07) is 92.6. The van der Waals surface area contributed by atoms with Gasteiger partial charge in [-0.2, -0.15) is 0 Å². The Morgan fingerprint density at radius 3 is 1.41 bits per heavy atom. The highest BCUT2D eigenvalue weighted by Gasteiger charge is 2.51. The van der Waals surface area contributed by atoms with E-state index >= 15 is 0 Å². The van der Waals surface area contributed by atoms with Crippen LogP contribution in [0.1, 0.15) is 51.3 Å². The van der Waals surface area contributed by atoms with Gasteiger partial charge in [-0.05, 0) is 108 Å². The number of hydrogen-bond acceptors (Lipinski definition) is 4. The molecule has 0 aromatic heterocycles. The van der Waals surface area contributed by atoms with E-state index in [9.17, 15) is 0 Å². The van der Waals surface area contributed by atoms with Gasteiger partial charge in [0, 0.05) is 11.3 Å². The van der Waals surface area contributed by atoms with E-state index in [1.807, 2.05) is 0 Å². The van der Waals surface area contributed by atoms with Crippen LogP contribution >= 0.6 is 0 Å². The molecule has 2 unspecified atom stereocenters. The molecular formula is C64H46N4. The molecule has 0 saturated carbocycles. The lowest BCUT2D eigenvalue weighted by atomic mass is 9.64. The second-order valence-electron chi connectivity index (χ2n) is 17.9. The predicted molar refractivity (Wildman–Crippen MR) is 279 cm³/mol. The fraction of sp³-hybridized carbons (Fsp3) is 0.0469. The largest absolute Gasteiger partial charge is 0.350 e. The molecule has 4 heteroatoms. The predicted octanol–water partition coefficient (Wildman–Crippen LogP) is 15.2. The maximum absolute atomic E-state index is 5.36. The van der Waals surface area contributed by atoms with Crippen LogP contribution in [-0.4, -0.2) is 5.84 Å². The topological polar surface area (TPSA) is 39.7 Å². The number of rotatable bonds is 7. The van der Waals surface area contributed by atoms with Crippen molar-refractivity contribution in [1.82, 2.24) is 10.6 Å². The molecule has 1 aliphatic carbocycles. The Morgan fingerprint density at radius 2 is 0.794 bits per heavy atom. The van der Waals surface area contributed by atoms with Gasteiger partial charge in [-0.3, -0.25) is 5.32 Å². The van der Waals surface area contributed by atoms with Gasteiger partial charge in [-0.15, -0.1) is 0 Å². The maximum Gasteiger partial charge on any atom is 0.131 e. The van der Waals surface area contributed by atoms with Gasteiger partial charge in [0.1, 0.15) is 18.2 Å². The Bertz CT molecular complexity index is 3440. The van der Waals surface area contributed by atoms with Crippen molar-refractivity contribution in [2.45, 2.75) is 17.7 Å². The average Bonchev–Trinajstić information content (AvgIpc) is 3.71. The lowest BCUT2D eigenvalue weighted by molar-refractivity contribution is 0.409. The van der Waals surface area contributed by atoms with Crippen LogP contribution in [0.25, 0.3) is 44.5 Å². The molecule has 0 saturated heterocycles. The number of nitrogens with one attached hydrogen (secondary N) is 2. The van der Waals surface area contributed by atoms with Crippen LogP contribution in [0.2, 0.25) is 0 Å². The fourth-order valence-corrected chi connectivity index (χ4v) is 11.0. The van der Waals surface area contributed by atoms with Crippen LogP contribution in [0.3, 0.4) is 0 Å². The summed E-state index contributed by atoms with van der Waals surface area (Å²) in [7, 11) is 0. The quantitative estimate of drug-likeness (QED) is 0.168. The third kappa shape index (κ3) is 6.52. The number of para-hydroxylation sites is 3. The zero-order valence-corrected chi connectivity index (χ0v) is 37.3. The molecule has 0 radical (unpaired) electrons. The van der Waals surface area contributed by atoms with Gasteiger partial charge in [-0.1, -0.05) is 224 Å². The lowest BCUT2D eigenvalue weighted by Crippen LogP contribution is -2.44. The molecule has 10 aromatic carbocycles. The molecule has 0 fully saturated rings. The number of anilines is 3. The number of hydrogen-bond donors (Lipinski definition) is 2. The monoisotopic (exact) mass is 870 g/mol. The van der Waals surface area contributed by atoms with Crippen LogP contribution < -0.4 is 15.5 Å². The first-order valence-corrected chi connectivity index (χ1v) is 23.5. The van der Waals surface area contributed by atoms with Gasteiger partial charge in [0.2, 0.25) is 0 Å². The second-order valence-corrected chi connectivity index (χ2v) is 17.9. The van der Waals surface area contributed by atoms with Crippen molar-refractivity contribution in [1.29, 1.82) is 0 Å². The summed E-state index contributed by atoms with van der Waals surface area (Å²) in [5, 5.41) is 7.62. The highest BCUT2D eigenvalue weighted by atomic mass is 15.3. The number of fused-ring (bicyclic) bond motifs is 9. The SMILES string of the molecule is c1ccc(-c2ccc(C3N=C(c4ccc(-c5ccc6c(c5)C5(c7ccccc7-6)c6ccccc6N(c6ccccc6)c6ccccc65)cc4)NC(c4ccc(-c5ccccc5)cc4)N3)cc2)cc1. The van der Waals surface area contributed by atoms with Crippen LogP contribution in [0.4, 0.5) is 17.1 Å². The van der Waals surface area contributed by atoms with Crippen molar-refractivity contribution in [2.75, 3.05) is 4.90 Å². The minimum absolute atomic E-state index is 0.167. The Morgan fingerprint density at radius 1 is 0.353 bits per heavy atom. The smallest absolute Gasteiger partial charge is 0.131 e. The van der Waals surface area contributed by atoms with E-state index in [1.165, 1.54) is 72.6 Å². The standard InChI is InChI=1S/C64H46N4/c1-4-16-43(17-5-1)45-28-34-48(35-29-45)61-65-62(49-36-30-46(31-37-49)44-18-6-2-7-19-44)67-63(66-61)50-38-32-47(33-39-50)51-40-41-54-53-22-10-11-23-55(53)64(58(54)42-51)56-24-12-14-26-59(56)68(52-20-8-3-9-21-52)60-27-15-13-25-57(60)64/h1-42,61-62,65H,(H,66,67). The molecule has 10 aromatic rings. The average molecular weight is 871 g/mol. The zero-order valence-electron chi connectivity index (χ0n) is 37.3. The molecule has 68 heavy (non-hydrogen) atoms. The van der Waals surface area contributed by atoms with Crippen molar-refractivity contribution >= 4 is 22.9 Å². The second kappa shape index (κ2) is 16.4. The third-order valence-electron chi connectivity index (χ3n) is 14.2. The summed E-state index contributed by atoms with van der Waals surface area (Å²) >= 11 is 0. The van der Waals surface area contributed by atoms with E-state index in [0.29, 0.717) is 0 Å². The molecule has 322 valence electrons. The van der Waals surface area contributed by atoms with Crippen molar-refractivity contribution in [2.24, 2.45) is 4.99 Å². The van der Waals surface area contributed by atoms with E-state index in [-0.39, 0.29) is 12.3 Å². The van der Waals surface area contributed by atoms with Gasteiger partial charge < -0.3 is 10.2 Å². The summed E-state index contributed by atoms with van der Waals surface area (Å²) < 4.78 is 0. The third-order valence-corrected chi connectivity index (χ3v) is 14.2. The first kappa shape index (κ1) is 39.8. The minimum atomic E-state index is -0.517. The number of nitrogens with zero attached hydrogens (tertiary/aromatic N) is 2. The summed E-state index contributed by atoms with van der Waals surface area (Å²) in [4.78, 5) is 7.79. The molecule has 2 aliphatic heterocycles. The number of amidine groups is 1. The van der Waals surface area contributed by atoms with Crippen LogP contribution in [0, 0.1) is 0 Å². The summed E-state index contributed by atoms with van der Waals surface area (Å²) in [5.74, 6) is 0.853. The fourth-order valence-electron chi connectivity index (χ4n) is 11.0. The molecular weight excluding hydrogens is 825 g/mol. The Kier molecular flexibility index (Phi) is 9.59. The van der Waals surface area contributed by atoms with Gasteiger partial charge in [0.25, 0.3) is 0 Å². The Balaban J connectivity index is 0.885. The molecule has 2 heterocycles. The minimum Gasteiger partial charge on any atom is -0.350 e. The van der Waals surface area contributed by atoms with E-state index in [4.69, 9.17) is 4.99 Å². The lowest BCUT2D eigenvalue weighted by Gasteiger charge is -2.45. The van der Waals surface area contributed by atoms with Crippen molar-refractivity contribution in [3.63, 3.8) is 0 Å². The molecule has 13 rings (SSSR count). The summed E-state index contributed by atoms with van der Waals surface area (Å²) in [5.41, 5.74) is 21.2. The normalized spacial score (nSPS) is 16.2. The molecule has 3 aliphatic rings. The number of aliphatic imine (C=N–C) groups is 1. The molecule has 4 nitrogen and oxygen atoms in total. The zero-order chi connectivity index (χ0) is 45.0. The molecule has 0 amide bonds. The number of benzene rings is 10. The first-order valence-electron chi connectivity index (χ1n) is 23.5. The first-order chi connectivity index (χ1) is 33.7. The highest BCUT2D eigenvalue weighted by Crippen LogP contribution is 2.63. The maximum atomic E-state index is 5.36. The molecule has 2 atom stereocenters. The Labute approximate surface area is 397 Å². The van der Waals surface area contributed by atoms with E-state index < -0.39 is 5.41 Å². The van der Waals surface area contributed by atoms with E-state index in [0.717, 1.165) is 33.8 Å². The van der Waals surface area contributed by atoms with Gasteiger partial charge >= 0.3 is 0 Å². The van der Waals surface area contributed by atoms with Gasteiger partial charge in [-0.25, -0.2) is 4.99 Å². The molecule has 0 bridgehead atoms. The van der Waals surface area contributed by atoms with Gasteiger partial charge in [0.05, 0.1) is 16.8 Å². The van der Waals surface area contributed by atoms with Crippen LogP contribution in [0.15, 0.2) is 260 Å². The molecule has 1 spiro atoms. The summed E-state index contributed by atoms with van der Waals surface area (Å²) in [6.45, 7) is 0. The van der Waals surface area contributed by atoms with Crippen molar-refractivity contribution in [3.05, 3.63) is 294 Å². The van der Waals surface area contributed by atoms with Crippen molar-refractivity contribution in [3.8, 4) is 44.5 Å². The van der Waals surface area contributed by atoms with Gasteiger partial charge in [0.15, 0.2) is 0 Å². The summed E-state index contributed by atoms with van der Waals surface area (Å²) in [6.07, 6.45) is -0.428. The van der Waals surface area contributed by atoms with E-state index in [1.54, 1.807) is 0 Å². The highest BCUT2D eigenvalue weighted by molar-refractivity contribution is 6.00. The van der Waals surface area contributed by atoms with Crippen molar-refractivity contribution < 1.29 is 0 Å². The Hall–Kier alpha value is -8.57. The molecule has 2 N–H and O–H groups in total. The van der Waals surface area contributed by atoms with Crippen LogP contribution in [0.5, 0.6) is 0 Å². The van der Waals surface area contributed by atoms with Crippen LogP contribution in [-0.2, 0) is 5.41 Å². The van der Waals surface area contributed by atoms with E-state index in [2.05, 4.69) is 270 Å².